The minimum atomic E-state index is -0.191. The van der Waals surface area contributed by atoms with Gasteiger partial charge in [0.15, 0.2) is 11.9 Å². The number of aliphatic imine (C=N–C) groups is 1. The maximum absolute atomic E-state index is 12.5. The zero-order valence-electron chi connectivity index (χ0n) is 15.9. The van der Waals surface area contributed by atoms with Gasteiger partial charge < -0.3 is 27.4 Å². The number of guanidine groups is 2. The molecule has 2 heterocycles. The molecule has 152 valence electrons. The molecule has 1 amide bonds. The number of rotatable bonds is 6. The highest BCUT2D eigenvalue weighted by atomic mass is 32.1. The van der Waals surface area contributed by atoms with Gasteiger partial charge in [0.05, 0.1) is 6.20 Å². The fourth-order valence-electron chi connectivity index (χ4n) is 2.87. The fraction of sp³-hybridized carbons (Fsp3) is 0.263. The Morgan fingerprint density at radius 3 is 2.66 bits per heavy atom. The van der Waals surface area contributed by atoms with Gasteiger partial charge in [0.25, 0.3) is 5.91 Å². The van der Waals surface area contributed by atoms with Crippen molar-refractivity contribution in [2.45, 2.75) is 12.8 Å². The van der Waals surface area contributed by atoms with Crippen molar-refractivity contribution in [1.82, 2.24) is 9.88 Å². The molecule has 0 saturated heterocycles. The highest BCUT2D eigenvalue weighted by Gasteiger charge is 2.18. The van der Waals surface area contributed by atoms with Crippen molar-refractivity contribution in [3.05, 3.63) is 52.0 Å². The number of carbonyl (C=O) groups is 1. The summed E-state index contributed by atoms with van der Waals surface area (Å²) >= 11 is 1.36. The molecule has 0 unspecified atom stereocenters. The molecule has 2 aromatic rings. The molecule has 10 heteroatoms. The van der Waals surface area contributed by atoms with E-state index < -0.39 is 0 Å². The zero-order valence-corrected chi connectivity index (χ0v) is 16.7. The van der Waals surface area contributed by atoms with E-state index in [-0.39, 0.29) is 17.8 Å². The summed E-state index contributed by atoms with van der Waals surface area (Å²) in [6, 6.07) is 7.57. The molecule has 1 aromatic carbocycles. The van der Waals surface area contributed by atoms with Crippen LogP contribution in [0.25, 0.3) is 5.57 Å². The first-order chi connectivity index (χ1) is 13.9. The number of hydrogen-bond acceptors (Lipinski definition) is 5. The Balaban J connectivity index is 1.58. The first kappa shape index (κ1) is 20.3. The standard InChI is InChI=1S/C19H24N8OS/c20-18(21)24-8-5-12-1-3-14(4-2-12)26-16(28)15-11-25-17(29-15)13-6-9-27(10-7-13)19(22)23/h1-4,6,11H,5,7-10H2,(H3,22,23)(H,26,28)(H4,20,21,24). The van der Waals surface area contributed by atoms with Crippen LogP contribution < -0.4 is 22.5 Å². The minimum Gasteiger partial charge on any atom is -0.370 e. The van der Waals surface area contributed by atoms with Crippen LogP contribution in [-0.4, -0.2) is 47.3 Å². The van der Waals surface area contributed by atoms with E-state index in [2.05, 4.69) is 15.3 Å². The molecule has 1 aromatic heterocycles. The van der Waals surface area contributed by atoms with Gasteiger partial charge in [-0.05, 0) is 36.1 Å². The first-order valence-corrected chi connectivity index (χ1v) is 9.94. The molecule has 0 aliphatic carbocycles. The van der Waals surface area contributed by atoms with Crippen molar-refractivity contribution < 1.29 is 4.79 Å². The summed E-state index contributed by atoms with van der Waals surface area (Å²) < 4.78 is 0. The van der Waals surface area contributed by atoms with E-state index in [1.165, 1.54) is 11.3 Å². The van der Waals surface area contributed by atoms with Gasteiger partial charge in [0.2, 0.25) is 0 Å². The Morgan fingerprint density at radius 1 is 1.28 bits per heavy atom. The molecule has 0 bridgehead atoms. The van der Waals surface area contributed by atoms with Crippen LogP contribution in [0.3, 0.4) is 0 Å². The van der Waals surface area contributed by atoms with E-state index in [9.17, 15) is 4.79 Å². The molecule has 0 atom stereocenters. The van der Waals surface area contributed by atoms with Crippen molar-refractivity contribution in [2.24, 2.45) is 22.2 Å². The van der Waals surface area contributed by atoms with E-state index in [0.717, 1.165) is 29.0 Å². The number of thiazole rings is 1. The summed E-state index contributed by atoms with van der Waals surface area (Å²) in [6.07, 6.45) is 5.07. The second-order valence-corrected chi connectivity index (χ2v) is 7.58. The fourth-order valence-corrected chi connectivity index (χ4v) is 3.75. The van der Waals surface area contributed by atoms with E-state index in [0.29, 0.717) is 30.2 Å². The molecule has 8 N–H and O–H groups in total. The van der Waals surface area contributed by atoms with Crippen LogP contribution in [0.2, 0.25) is 0 Å². The van der Waals surface area contributed by atoms with Crippen LogP contribution in [-0.2, 0) is 6.42 Å². The lowest BCUT2D eigenvalue weighted by Gasteiger charge is -2.25. The topological polar surface area (TPSA) is 160 Å². The number of aromatic nitrogens is 1. The van der Waals surface area contributed by atoms with Crippen LogP contribution >= 0.6 is 11.3 Å². The van der Waals surface area contributed by atoms with Gasteiger partial charge in [-0.1, -0.05) is 18.2 Å². The largest absolute Gasteiger partial charge is 0.370 e. The third-order valence-electron chi connectivity index (χ3n) is 4.46. The third kappa shape index (κ3) is 5.55. The van der Waals surface area contributed by atoms with Gasteiger partial charge in [0.1, 0.15) is 9.88 Å². The van der Waals surface area contributed by atoms with E-state index in [1.54, 1.807) is 11.1 Å². The number of nitrogens with two attached hydrogens (primary N) is 3. The minimum absolute atomic E-state index is 0.0711. The average Bonchev–Trinajstić information content (AvgIpc) is 3.19. The summed E-state index contributed by atoms with van der Waals surface area (Å²) in [5, 5.41) is 11.2. The Labute approximate surface area is 172 Å². The van der Waals surface area contributed by atoms with E-state index >= 15 is 0 Å². The molecule has 0 radical (unpaired) electrons. The summed E-state index contributed by atoms with van der Waals surface area (Å²) in [6.45, 7) is 1.79. The number of nitrogens with zero attached hydrogens (tertiary/aromatic N) is 3. The predicted molar refractivity (Wildman–Crippen MR) is 117 cm³/mol. The van der Waals surface area contributed by atoms with Gasteiger partial charge in [-0.3, -0.25) is 15.2 Å². The normalized spacial score (nSPS) is 13.5. The van der Waals surface area contributed by atoms with Crippen molar-refractivity contribution in [3.8, 4) is 0 Å². The lowest BCUT2D eigenvalue weighted by atomic mass is 10.1. The third-order valence-corrected chi connectivity index (χ3v) is 5.53. The van der Waals surface area contributed by atoms with Crippen LogP contribution in [0.15, 0.2) is 41.5 Å². The summed E-state index contributed by atoms with van der Waals surface area (Å²) in [4.78, 5) is 23.2. The molecule has 1 aliphatic rings. The Morgan fingerprint density at radius 2 is 2.03 bits per heavy atom. The number of benzene rings is 1. The number of nitrogens with one attached hydrogen (secondary N) is 2. The Kier molecular flexibility index (Phi) is 6.45. The second kappa shape index (κ2) is 9.20. The monoisotopic (exact) mass is 412 g/mol. The summed E-state index contributed by atoms with van der Waals surface area (Å²) in [5.41, 5.74) is 19.0. The maximum atomic E-state index is 12.5. The average molecular weight is 413 g/mol. The number of anilines is 1. The lowest BCUT2D eigenvalue weighted by molar-refractivity contribution is 0.103. The molecule has 0 saturated carbocycles. The predicted octanol–water partition coefficient (Wildman–Crippen LogP) is 1.19. The lowest BCUT2D eigenvalue weighted by Crippen LogP contribution is -2.39. The number of carbonyl (C=O) groups excluding carboxylic acids is 1. The van der Waals surface area contributed by atoms with Gasteiger partial charge >= 0.3 is 0 Å². The SMILES string of the molecule is N=C(N)N1CC=C(c2ncc(C(=O)Nc3ccc(CCN=C(N)N)cc3)s2)CC1. The molecular weight excluding hydrogens is 388 g/mol. The molecule has 3 rings (SSSR count). The van der Waals surface area contributed by atoms with E-state index in [4.69, 9.17) is 22.6 Å². The summed E-state index contributed by atoms with van der Waals surface area (Å²) in [7, 11) is 0. The van der Waals surface area contributed by atoms with Crippen LogP contribution in [0.1, 0.15) is 26.7 Å². The van der Waals surface area contributed by atoms with Crippen LogP contribution in [0.5, 0.6) is 0 Å². The van der Waals surface area contributed by atoms with Gasteiger partial charge in [-0.15, -0.1) is 11.3 Å². The van der Waals surface area contributed by atoms with E-state index in [1.807, 2.05) is 30.3 Å². The van der Waals surface area contributed by atoms with Crippen molar-refractivity contribution >= 4 is 40.4 Å². The molecule has 1 aliphatic heterocycles. The molecule has 9 nitrogen and oxygen atoms in total. The van der Waals surface area contributed by atoms with Crippen molar-refractivity contribution in [2.75, 3.05) is 25.0 Å². The second-order valence-electron chi connectivity index (χ2n) is 6.55. The molecule has 0 fully saturated rings. The van der Waals surface area contributed by atoms with Crippen LogP contribution in [0.4, 0.5) is 5.69 Å². The number of amides is 1. The maximum Gasteiger partial charge on any atom is 0.267 e. The summed E-state index contributed by atoms with van der Waals surface area (Å²) in [5.74, 6) is -0.0384. The van der Waals surface area contributed by atoms with Gasteiger partial charge in [-0.2, -0.15) is 0 Å². The van der Waals surface area contributed by atoms with Crippen molar-refractivity contribution in [3.63, 3.8) is 0 Å². The first-order valence-electron chi connectivity index (χ1n) is 9.12. The molecular formula is C19H24N8OS. The zero-order chi connectivity index (χ0) is 20.8. The Hall–Kier alpha value is -3.40. The Bertz CT molecular complexity index is 943. The van der Waals surface area contributed by atoms with Crippen LogP contribution in [0, 0.1) is 5.41 Å². The highest BCUT2D eigenvalue weighted by Crippen LogP contribution is 2.27. The molecule has 29 heavy (non-hydrogen) atoms. The van der Waals surface area contributed by atoms with Gasteiger partial charge in [-0.25, -0.2) is 4.98 Å². The molecule has 0 spiro atoms. The number of hydrogen-bond donors (Lipinski definition) is 5. The highest BCUT2D eigenvalue weighted by molar-refractivity contribution is 7.14. The van der Waals surface area contributed by atoms with Crippen molar-refractivity contribution in [1.29, 1.82) is 5.41 Å². The smallest absolute Gasteiger partial charge is 0.267 e. The quantitative estimate of drug-likeness (QED) is 0.354. The van der Waals surface area contributed by atoms with Gasteiger partial charge in [0, 0.05) is 25.3 Å².